The van der Waals surface area contributed by atoms with E-state index in [0.717, 1.165) is 17.6 Å². The van der Waals surface area contributed by atoms with Crippen LogP contribution in [0.1, 0.15) is 24.5 Å². The van der Waals surface area contributed by atoms with Gasteiger partial charge in [-0.05, 0) is 24.0 Å². The smallest absolute Gasteiger partial charge is 0.334 e. The van der Waals surface area contributed by atoms with Crippen molar-refractivity contribution < 1.29 is 9.53 Å². The van der Waals surface area contributed by atoms with Gasteiger partial charge in [-0.2, -0.15) is 0 Å². The Hall–Kier alpha value is -2.35. The van der Waals surface area contributed by atoms with Crippen LogP contribution in [0.5, 0.6) is 0 Å². The molecule has 0 radical (unpaired) electrons. The van der Waals surface area contributed by atoms with Crippen molar-refractivity contribution in [2.45, 2.75) is 26.4 Å². The van der Waals surface area contributed by atoms with E-state index in [1.54, 1.807) is 0 Å². The Morgan fingerprint density at radius 3 is 2.10 bits per heavy atom. The van der Waals surface area contributed by atoms with Crippen LogP contribution in [-0.2, 0) is 22.6 Å². The maximum Gasteiger partial charge on any atom is 0.334 e. The van der Waals surface area contributed by atoms with E-state index >= 15 is 0 Å². The highest BCUT2D eigenvalue weighted by Gasteiger charge is 2.08. The lowest BCUT2D eigenvalue weighted by Gasteiger charge is -2.07. The van der Waals surface area contributed by atoms with E-state index < -0.39 is 0 Å². The van der Waals surface area contributed by atoms with Gasteiger partial charge in [0.2, 0.25) is 0 Å². The fourth-order valence-electron chi connectivity index (χ4n) is 2.04. The van der Waals surface area contributed by atoms with Gasteiger partial charge >= 0.3 is 5.97 Å². The summed E-state index contributed by atoms with van der Waals surface area (Å²) in [5, 5.41) is 0. The molecule has 0 atom stereocenters. The molecule has 0 aliphatic heterocycles. The number of esters is 1. The summed E-state index contributed by atoms with van der Waals surface area (Å²) in [7, 11) is 0. The second kappa shape index (κ2) is 8.05. The predicted octanol–water partition coefficient (Wildman–Crippen LogP) is 4.31. The lowest BCUT2D eigenvalue weighted by Crippen LogP contribution is -2.08. The molecule has 0 aliphatic rings. The van der Waals surface area contributed by atoms with E-state index in [1.165, 1.54) is 5.56 Å². The Morgan fingerprint density at radius 1 is 0.952 bits per heavy atom. The normalized spacial score (nSPS) is 11.2. The summed E-state index contributed by atoms with van der Waals surface area (Å²) in [5.74, 6) is -0.225. The van der Waals surface area contributed by atoms with Crippen molar-refractivity contribution in [1.82, 2.24) is 0 Å². The van der Waals surface area contributed by atoms with Crippen LogP contribution in [0.4, 0.5) is 0 Å². The molecule has 21 heavy (non-hydrogen) atoms. The molecule has 0 aliphatic carbocycles. The van der Waals surface area contributed by atoms with Crippen molar-refractivity contribution >= 4 is 5.97 Å². The first-order chi connectivity index (χ1) is 10.3. The third kappa shape index (κ3) is 4.92. The third-order valence-electron chi connectivity index (χ3n) is 3.28. The van der Waals surface area contributed by atoms with Gasteiger partial charge in [-0.1, -0.05) is 73.7 Å². The molecule has 108 valence electrons. The highest BCUT2D eigenvalue weighted by molar-refractivity contribution is 5.88. The van der Waals surface area contributed by atoms with E-state index in [1.807, 2.05) is 61.5 Å². The molecular weight excluding hydrogens is 260 g/mol. The Morgan fingerprint density at radius 2 is 1.52 bits per heavy atom. The number of allylic oxidation sites excluding steroid dienone is 1. The quantitative estimate of drug-likeness (QED) is 0.582. The molecule has 0 aromatic heterocycles. The van der Waals surface area contributed by atoms with Gasteiger partial charge < -0.3 is 4.74 Å². The van der Waals surface area contributed by atoms with Crippen molar-refractivity contribution in [2.24, 2.45) is 0 Å². The van der Waals surface area contributed by atoms with Crippen molar-refractivity contribution in [3.63, 3.8) is 0 Å². The zero-order chi connectivity index (χ0) is 14.9. The van der Waals surface area contributed by atoms with Crippen LogP contribution >= 0.6 is 0 Å². The summed E-state index contributed by atoms with van der Waals surface area (Å²) >= 11 is 0. The van der Waals surface area contributed by atoms with Gasteiger partial charge in [-0.25, -0.2) is 4.79 Å². The van der Waals surface area contributed by atoms with E-state index in [4.69, 9.17) is 4.74 Å². The number of carbonyl (C=O) groups excluding carboxylic acids is 1. The first-order valence-electron chi connectivity index (χ1n) is 7.23. The lowest BCUT2D eigenvalue weighted by molar-refractivity contribution is -0.140. The molecule has 2 aromatic rings. The minimum Gasteiger partial charge on any atom is -0.457 e. The first kappa shape index (κ1) is 15.0. The van der Waals surface area contributed by atoms with E-state index in [-0.39, 0.29) is 5.97 Å². The van der Waals surface area contributed by atoms with Gasteiger partial charge in [0.25, 0.3) is 0 Å². The van der Waals surface area contributed by atoms with Gasteiger partial charge in [0.1, 0.15) is 6.61 Å². The third-order valence-corrected chi connectivity index (χ3v) is 3.28. The zero-order valence-corrected chi connectivity index (χ0v) is 12.3. The Kier molecular flexibility index (Phi) is 5.77. The van der Waals surface area contributed by atoms with Gasteiger partial charge in [0.15, 0.2) is 0 Å². The maximum atomic E-state index is 12.1. The van der Waals surface area contributed by atoms with Crippen molar-refractivity contribution in [3.8, 4) is 0 Å². The molecule has 2 heteroatoms. The number of hydrogen-bond acceptors (Lipinski definition) is 2. The molecule has 2 aromatic carbocycles. The highest BCUT2D eigenvalue weighted by atomic mass is 16.5. The van der Waals surface area contributed by atoms with Crippen molar-refractivity contribution in [2.75, 3.05) is 0 Å². The summed E-state index contributed by atoms with van der Waals surface area (Å²) in [6.45, 7) is 2.29. The minimum atomic E-state index is -0.225. The van der Waals surface area contributed by atoms with E-state index in [9.17, 15) is 4.79 Å². The summed E-state index contributed by atoms with van der Waals surface area (Å²) in [6.07, 6.45) is 3.40. The molecule has 0 fully saturated rings. The molecule has 0 spiro atoms. The minimum absolute atomic E-state index is 0.225. The summed E-state index contributed by atoms with van der Waals surface area (Å²) in [5.41, 5.74) is 2.93. The van der Waals surface area contributed by atoms with Gasteiger partial charge in [-0.15, -0.1) is 0 Å². The van der Waals surface area contributed by atoms with Crippen LogP contribution < -0.4 is 0 Å². The van der Waals surface area contributed by atoms with Crippen molar-refractivity contribution in [1.29, 1.82) is 0 Å². The molecular formula is C19H20O2. The van der Waals surface area contributed by atoms with Crippen LogP contribution in [0.3, 0.4) is 0 Å². The fourth-order valence-corrected chi connectivity index (χ4v) is 2.04. The molecule has 2 rings (SSSR count). The number of hydrogen-bond donors (Lipinski definition) is 0. The highest BCUT2D eigenvalue weighted by Crippen LogP contribution is 2.10. The monoisotopic (exact) mass is 280 g/mol. The van der Waals surface area contributed by atoms with Gasteiger partial charge in [0, 0.05) is 5.57 Å². The van der Waals surface area contributed by atoms with E-state index in [0.29, 0.717) is 13.0 Å². The molecule has 0 unspecified atom stereocenters. The molecule has 0 heterocycles. The largest absolute Gasteiger partial charge is 0.457 e. The Labute approximate surface area is 126 Å². The number of ether oxygens (including phenoxy) is 1. The molecule has 2 nitrogen and oxygen atoms in total. The average Bonchev–Trinajstić information content (AvgIpc) is 2.55. The van der Waals surface area contributed by atoms with Crippen LogP contribution in [-0.4, -0.2) is 5.97 Å². The first-order valence-corrected chi connectivity index (χ1v) is 7.23. The second-order valence-corrected chi connectivity index (χ2v) is 4.83. The number of carbonyl (C=O) groups is 1. The van der Waals surface area contributed by atoms with Gasteiger partial charge in [0.05, 0.1) is 0 Å². The molecule has 0 saturated heterocycles. The predicted molar refractivity (Wildman–Crippen MR) is 84.8 cm³/mol. The summed E-state index contributed by atoms with van der Waals surface area (Å²) in [4.78, 5) is 12.1. The van der Waals surface area contributed by atoms with E-state index in [2.05, 4.69) is 12.1 Å². The molecule has 0 N–H and O–H groups in total. The standard InChI is InChI=1S/C19H20O2/c1-2-18(14-13-16-9-5-3-6-10-16)19(20)21-15-17-11-7-4-8-12-17/h3-12,14H,2,13,15H2,1H3. The summed E-state index contributed by atoms with van der Waals surface area (Å²) in [6, 6.07) is 19.8. The number of rotatable bonds is 6. The maximum absolute atomic E-state index is 12.1. The van der Waals surface area contributed by atoms with Gasteiger partial charge in [-0.3, -0.25) is 0 Å². The Bertz CT molecular complexity index is 585. The lowest BCUT2D eigenvalue weighted by atomic mass is 10.1. The zero-order valence-electron chi connectivity index (χ0n) is 12.3. The fraction of sp³-hybridized carbons (Fsp3) is 0.211. The SMILES string of the molecule is CCC(=CCc1ccccc1)C(=O)OCc1ccccc1. The average molecular weight is 280 g/mol. The molecule has 0 saturated carbocycles. The van der Waals surface area contributed by atoms with Crippen molar-refractivity contribution in [3.05, 3.63) is 83.4 Å². The number of benzene rings is 2. The van der Waals surface area contributed by atoms with Crippen LogP contribution in [0.25, 0.3) is 0 Å². The van der Waals surface area contributed by atoms with Crippen LogP contribution in [0.2, 0.25) is 0 Å². The van der Waals surface area contributed by atoms with Crippen LogP contribution in [0.15, 0.2) is 72.3 Å². The second-order valence-electron chi connectivity index (χ2n) is 4.83. The summed E-state index contributed by atoms with van der Waals surface area (Å²) < 4.78 is 5.36. The topological polar surface area (TPSA) is 26.3 Å². The Balaban J connectivity index is 1.92. The van der Waals surface area contributed by atoms with Crippen LogP contribution in [0, 0.1) is 0 Å². The molecule has 0 amide bonds. The molecule has 0 bridgehead atoms.